The molecule has 1 unspecified atom stereocenters. The predicted octanol–water partition coefficient (Wildman–Crippen LogP) is 4.36. The van der Waals surface area contributed by atoms with Gasteiger partial charge in [0.1, 0.15) is 17.5 Å². The van der Waals surface area contributed by atoms with Crippen LogP contribution in [0.3, 0.4) is 0 Å². The number of nitrogens with zero attached hydrogens (tertiary/aromatic N) is 2. The molecule has 9 heteroatoms. The summed E-state index contributed by atoms with van der Waals surface area (Å²) in [5.41, 5.74) is 4.91. The minimum atomic E-state index is -1.11. The van der Waals surface area contributed by atoms with Crippen molar-refractivity contribution in [3.63, 3.8) is 0 Å². The number of thiazole rings is 1. The van der Waals surface area contributed by atoms with E-state index >= 15 is 0 Å². The number of amides is 2. The molecule has 0 aliphatic heterocycles. The number of aromatic nitrogens is 1. The van der Waals surface area contributed by atoms with Crippen molar-refractivity contribution in [1.29, 1.82) is 0 Å². The number of aryl methyl sites for hydroxylation is 1. The Hall–Kier alpha value is -3.72. The van der Waals surface area contributed by atoms with Crippen molar-refractivity contribution in [3.8, 4) is 11.1 Å². The van der Waals surface area contributed by atoms with Gasteiger partial charge in [0.2, 0.25) is 0 Å². The molecule has 0 saturated heterocycles. The number of ether oxygens (including phenoxy) is 1. The van der Waals surface area contributed by atoms with E-state index in [0.29, 0.717) is 5.69 Å². The zero-order chi connectivity index (χ0) is 23.7. The van der Waals surface area contributed by atoms with Crippen LogP contribution >= 0.6 is 11.3 Å². The van der Waals surface area contributed by atoms with Crippen molar-refractivity contribution in [2.24, 2.45) is 0 Å². The van der Waals surface area contributed by atoms with Crippen LogP contribution in [-0.4, -0.2) is 52.7 Å². The smallest absolute Gasteiger partial charge is 0.413 e. The number of carboxylic acids is 1. The van der Waals surface area contributed by atoms with Crippen LogP contribution in [0.25, 0.3) is 11.1 Å². The predicted molar refractivity (Wildman–Crippen MR) is 125 cm³/mol. The number of fused-ring (bicyclic) bond motifs is 3. The number of hydrogen-bond acceptors (Lipinski definition) is 6. The number of nitrogens with one attached hydrogen (secondary N) is 1. The SMILES string of the molecule is Cc1nc(NC(=O)OCC2c3ccccc3-c3ccccc32)sc1C(=O)N(C)C(C)C(=O)O. The van der Waals surface area contributed by atoms with Crippen LogP contribution in [0.5, 0.6) is 0 Å². The molecule has 1 aromatic heterocycles. The van der Waals surface area contributed by atoms with Crippen LogP contribution in [0, 0.1) is 6.92 Å². The molecule has 1 atom stereocenters. The van der Waals surface area contributed by atoms with E-state index in [1.54, 1.807) is 6.92 Å². The van der Waals surface area contributed by atoms with Gasteiger partial charge in [0.15, 0.2) is 5.13 Å². The zero-order valence-corrected chi connectivity index (χ0v) is 19.2. The van der Waals surface area contributed by atoms with Crippen molar-refractivity contribution < 1.29 is 24.2 Å². The largest absolute Gasteiger partial charge is 0.480 e. The molecule has 1 heterocycles. The van der Waals surface area contributed by atoms with Crippen molar-refractivity contribution in [1.82, 2.24) is 9.88 Å². The average molecular weight is 466 g/mol. The van der Waals surface area contributed by atoms with E-state index in [2.05, 4.69) is 22.4 Å². The van der Waals surface area contributed by atoms with Gasteiger partial charge >= 0.3 is 12.1 Å². The third-order valence-corrected chi connectivity index (χ3v) is 6.86. The van der Waals surface area contributed by atoms with E-state index in [9.17, 15) is 14.4 Å². The number of hydrogen-bond donors (Lipinski definition) is 2. The maximum absolute atomic E-state index is 12.6. The summed E-state index contributed by atoms with van der Waals surface area (Å²) in [4.78, 5) is 41.9. The first-order chi connectivity index (χ1) is 15.8. The van der Waals surface area contributed by atoms with Gasteiger partial charge in [-0.05, 0) is 36.1 Å². The first-order valence-corrected chi connectivity index (χ1v) is 11.2. The first-order valence-electron chi connectivity index (χ1n) is 10.4. The third kappa shape index (κ3) is 4.31. The molecule has 1 aliphatic rings. The molecule has 2 N–H and O–H groups in total. The van der Waals surface area contributed by atoms with Crippen LogP contribution < -0.4 is 5.32 Å². The summed E-state index contributed by atoms with van der Waals surface area (Å²) in [7, 11) is 1.42. The lowest BCUT2D eigenvalue weighted by molar-refractivity contribution is -0.141. The second-order valence-corrected chi connectivity index (χ2v) is 8.81. The van der Waals surface area contributed by atoms with Crippen molar-refractivity contribution in [3.05, 3.63) is 70.2 Å². The molecule has 1 aliphatic carbocycles. The van der Waals surface area contributed by atoms with Crippen LogP contribution in [0.2, 0.25) is 0 Å². The Morgan fingerprint density at radius 1 is 1.12 bits per heavy atom. The standard InChI is InChI=1S/C24H23N3O5S/c1-13-20(21(28)27(3)14(2)22(29)30)33-23(25-13)26-24(31)32-12-19-17-10-6-4-8-15(17)16-9-5-7-11-18(16)19/h4-11,14,19H,12H2,1-3H3,(H,29,30)(H,25,26,31). The summed E-state index contributed by atoms with van der Waals surface area (Å²) in [5, 5.41) is 11.9. The monoisotopic (exact) mass is 465 g/mol. The number of carbonyl (C=O) groups excluding carboxylic acids is 2. The molecule has 2 amide bonds. The van der Waals surface area contributed by atoms with E-state index in [1.807, 2.05) is 36.4 Å². The maximum Gasteiger partial charge on any atom is 0.413 e. The van der Waals surface area contributed by atoms with Crippen LogP contribution in [0.4, 0.5) is 9.93 Å². The van der Waals surface area contributed by atoms with E-state index in [1.165, 1.54) is 14.0 Å². The second kappa shape index (κ2) is 9.03. The van der Waals surface area contributed by atoms with Gasteiger partial charge in [0, 0.05) is 13.0 Å². The lowest BCUT2D eigenvalue weighted by Gasteiger charge is -2.20. The first kappa shape index (κ1) is 22.5. The minimum Gasteiger partial charge on any atom is -0.480 e. The lowest BCUT2D eigenvalue weighted by Crippen LogP contribution is -2.40. The average Bonchev–Trinajstić information content (AvgIpc) is 3.33. The summed E-state index contributed by atoms with van der Waals surface area (Å²) in [5.74, 6) is -1.64. The van der Waals surface area contributed by atoms with Crippen LogP contribution in [-0.2, 0) is 9.53 Å². The topological polar surface area (TPSA) is 109 Å². The van der Waals surface area contributed by atoms with Crippen LogP contribution in [0.15, 0.2) is 48.5 Å². The molecule has 0 fully saturated rings. The van der Waals surface area contributed by atoms with Gasteiger partial charge < -0.3 is 14.7 Å². The Bertz CT molecular complexity index is 1190. The van der Waals surface area contributed by atoms with Crippen LogP contribution in [0.1, 0.15) is 39.3 Å². The molecule has 3 aromatic rings. The third-order valence-electron chi connectivity index (χ3n) is 5.80. The van der Waals surface area contributed by atoms with Crippen molar-refractivity contribution >= 4 is 34.4 Å². The van der Waals surface area contributed by atoms with E-state index in [4.69, 9.17) is 9.84 Å². The number of benzene rings is 2. The second-order valence-electron chi connectivity index (χ2n) is 7.81. The van der Waals surface area contributed by atoms with Gasteiger partial charge in [0.25, 0.3) is 5.91 Å². The molecule has 2 aromatic carbocycles. The molecule has 33 heavy (non-hydrogen) atoms. The molecule has 4 rings (SSSR count). The van der Waals surface area contributed by atoms with Crippen molar-refractivity contribution in [2.45, 2.75) is 25.8 Å². The fourth-order valence-electron chi connectivity index (χ4n) is 3.87. The highest BCUT2D eigenvalue weighted by atomic mass is 32.1. The van der Waals surface area contributed by atoms with Gasteiger partial charge in [-0.25, -0.2) is 14.6 Å². The van der Waals surface area contributed by atoms with Gasteiger partial charge in [-0.2, -0.15) is 0 Å². The summed E-state index contributed by atoms with van der Waals surface area (Å²) < 4.78 is 5.51. The number of likely N-dealkylation sites (N-methyl/N-ethyl adjacent to an activating group) is 1. The molecule has 170 valence electrons. The number of aliphatic carboxylic acids is 1. The quantitative estimate of drug-likeness (QED) is 0.560. The maximum atomic E-state index is 12.6. The molecular formula is C24H23N3O5S. The number of anilines is 1. The van der Waals surface area contributed by atoms with Gasteiger partial charge in [0.05, 0.1) is 5.69 Å². The van der Waals surface area contributed by atoms with Crippen molar-refractivity contribution in [2.75, 3.05) is 19.0 Å². The Kier molecular flexibility index (Phi) is 6.15. The minimum absolute atomic E-state index is 0.0653. The summed E-state index contributed by atoms with van der Waals surface area (Å²) in [6.45, 7) is 3.22. The Morgan fingerprint density at radius 2 is 1.70 bits per heavy atom. The van der Waals surface area contributed by atoms with Gasteiger partial charge in [-0.3, -0.25) is 10.1 Å². The highest BCUT2D eigenvalue weighted by molar-refractivity contribution is 7.17. The lowest BCUT2D eigenvalue weighted by atomic mass is 9.98. The van der Waals surface area contributed by atoms with Gasteiger partial charge in [-0.1, -0.05) is 59.9 Å². The summed E-state index contributed by atoms with van der Waals surface area (Å²) >= 11 is 0.981. The molecule has 0 saturated carbocycles. The zero-order valence-electron chi connectivity index (χ0n) is 18.4. The number of carboxylic acid groups (broad SMARTS) is 1. The van der Waals surface area contributed by atoms with E-state index in [0.717, 1.165) is 38.5 Å². The normalized spacial score (nSPS) is 13.1. The summed E-state index contributed by atoms with van der Waals surface area (Å²) in [6, 6.07) is 15.1. The van der Waals surface area contributed by atoms with Gasteiger partial charge in [-0.15, -0.1) is 0 Å². The fraction of sp³-hybridized carbons (Fsp3) is 0.250. The highest BCUT2D eigenvalue weighted by Crippen LogP contribution is 2.44. The Morgan fingerprint density at radius 3 is 2.27 bits per heavy atom. The van der Waals surface area contributed by atoms with E-state index in [-0.39, 0.29) is 22.5 Å². The highest BCUT2D eigenvalue weighted by Gasteiger charge is 2.30. The molecule has 8 nitrogen and oxygen atoms in total. The molecule has 0 spiro atoms. The Balaban J connectivity index is 1.43. The number of rotatable bonds is 6. The Labute approximate surface area is 194 Å². The summed E-state index contributed by atoms with van der Waals surface area (Å²) in [6.07, 6.45) is -0.670. The van der Waals surface area contributed by atoms with E-state index < -0.39 is 24.0 Å². The molecule has 0 radical (unpaired) electrons. The molecular weight excluding hydrogens is 442 g/mol. The fourth-order valence-corrected chi connectivity index (χ4v) is 4.81. The number of carbonyl (C=O) groups is 3. The molecule has 0 bridgehead atoms.